The van der Waals surface area contributed by atoms with Crippen LogP contribution in [0.4, 0.5) is 5.69 Å². The average Bonchev–Trinajstić information content (AvgIpc) is 2.63. The number of benzene rings is 2. The van der Waals surface area contributed by atoms with Crippen LogP contribution in [0, 0.1) is 6.92 Å². The first-order valence-corrected chi connectivity index (χ1v) is 10.4. The van der Waals surface area contributed by atoms with Gasteiger partial charge in [-0.15, -0.1) is 0 Å². The molecule has 0 bridgehead atoms. The molecule has 2 aromatic carbocycles. The third-order valence-corrected chi connectivity index (χ3v) is 5.84. The van der Waals surface area contributed by atoms with E-state index in [2.05, 4.69) is 5.32 Å². The quantitative estimate of drug-likeness (QED) is 0.710. The van der Waals surface area contributed by atoms with Crippen molar-refractivity contribution >= 4 is 33.2 Å². The third-order valence-electron chi connectivity index (χ3n) is 4.50. The standard InChI is InChI=1S/C19H24ClN3O4S/c1-12-9-17(18(27-4)10-16(12)20)22-19(24)11-23(3)13(2)14-5-7-15(8-6-14)28(21,25)26/h5-10,13H,11H2,1-4H3,(H,22,24)(H2,21,25,26). The molecule has 1 atom stereocenters. The minimum absolute atomic E-state index is 0.0500. The number of rotatable bonds is 7. The summed E-state index contributed by atoms with van der Waals surface area (Å²) in [4.78, 5) is 14.4. The van der Waals surface area contributed by atoms with E-state index in [0.29, 0.717) is 16.5 Å². The molecule has 3 N–H and O–H groups in total. The Morgan fingerprint density at radius 1 is 1.29 bits per heavy atom. The summed E-state index contributed by atoms with van der Waals surface area (Å²) in [7, 11) is -0.414. The Balaban J connectivity index is 2.07. The monoisotopic (exact) mass is 425 g/mol. The van der Waals surface area contributed by atoms with E-state index >= 15 is 0 Å². The van der Waals surface area contributed by atoms with E-state index in [9.17, 15) is 13.2 Å². The lowest BCUT2D eigenvalue weighted by Crippen LogP contribution is -2.32. The maximum Gasteiger partial charge on any atom is 0.238 e. The van der Waals surface area contributed by atoms with Crippen LogP contribution >= 0.6 is 11.6 Å². The molecule has 0 saturated heterocycles. The molecule has 1 unspecified atom stereocenters. The number of halogens is 1. The number of nitrogens with two attached hydrogens (primary N) is 1. The molecule has 7 nitrogen and oxygen atoms in total. The largest absolute Gasteiger partial charge is 0.495 e. The summed E-state index contributed by atoms with van der Waals surface area (Å²) >= 11 is 6.09. The topological polar surface area (TPSA) is 102 Å². The zero-order valence-electron chi connectivity index (χ0n) is 16.2. The smallest absolute Gasteiger partial charge is 0.238 e. The lowest BCUT2D eigenvalue weighted by Gasteiger charge is -2.25. The van der Waals surface area contributed by atoms with Crippen LogP contribution in [0.1, 0.15) is 24.1 Å². The predicted octanol–water partition coefficient (Wildman–Crippen LogP) is 2.94. The van der Waals surface area contributed by atoms with Crippen LogP contribution < -0.4 is 15.2 Å². The van der Waals surface area contributed by atoms with Crippen molar-refractivity contribution in [1.82, 2.24) is 4.90 Å². The number of likely N-dealkylation sites (N-methyl/N-ethyl adjacent to an activating group) is 1. The van der Waals surface area contributed by atoms with Gasteiger partial charge >= 0.3 is 0 Å². The van der Waals surface area contributed by atoms with Crippen molar-refractivity contribution in [3.05, 3.63) is 52.5 Å². The van der Waals surface area contributed by atoms with Gasteiger partial charge in [-0.3, -0.25) is 9.69 Å². The van der Waals surface area contributed by atoms with Gasteiger partial charge in [0.1, 0.15) is 5.75 Å². The Bertz CT molecular complexity index is 962. The number of primary sulfonamides is 1. The van der Waals surface area contributed by atoms with Gasteiger partial charge in [-0.05, 0) is 50.2 Å². The van der Waals surface area contributed by atoms with Gasteiger partial charge in [0, 0.05) is 17.1 Å². The van der Waals surface area contributed by atoms with Crippen molar-refractivity contribution in [2.45, 2.75) is 24.8 Å². The first-order chi connectivity index (χ1) is 13.0. The Labute approximate surface area is 170 Å². The molecule has 2 aromatic rings. The van der Waals surface area contributed by atoms with Crippen molar-refractivity contribution in [3.8, 4) is 5.75 Å². The molecule has 152 valence electrons. The molecular formula is C19H24ClN3O4S. The van der Waals surface area contributed by atoms with Crippen LogP contribution in [0.25, 0.3) is 0 Å². The van der Waals surface area contributed by atoms with Gasteiger partial charge in [-0.25, -0.2) is 13.6 Å². The molecule has 1 amide bonds. The summed E-state index contributed by atoms with van der Waals surface area (Å²) in [6.07, 6.45) is 0. The number of nitrogens with one attached hydrogen (secondary N) is 1. The first kappa shape index (κ1) is 22.2. The van der Waals surface area contributed by atoms with E-state index in [1.165, 1.54) is 19.2 Å². The Kier molecular flexibility index (Phi) is 7.06. The van der Waals surface area contributed by atoms with E-state index in [0.717, 1.165) is 11.1 Å². The lowest BCUT2D eigenvalue weighted by molar-refractivity contribution is -0.117. The van der Waals surface area contributed by atoms with Crippen molar-refractivity contribution in [2.24, 2.45) is 5.14 Å². The van der Waals surface area contributed by atoms with Crippen molar-refractivity contribution in [3.63, 3.8) is 0 Å². The summed E-state index contributed by atoms with van der Waals surface area (Å²) in [6, 6.07) is 9.58. The molecule has 0 radical (unpaired) electrons. The summed E-state index contributed by atoms with van der Waals surface area (Å²) in [5.74, 6) is 0.272. The molecule has 0 aliphatic rings. The van der Waals surface area contributed by atoms with E-state index in [1.54, 1.807) is 24.3 Å². The van der Waals surface area contributed by atoms with Crippen LogP contribution in [-0.4, -0.2) is 39.9 Å². The lowest BCUT2D eigenvalue weighted by atomic mass is 10.1. The van der Waals surface area contributed by atoms with Gasteiger partial charge in [0.2, 0.25) is 15.9 Å². The zero-order chi connectivity index (χ0) is 21.1. The number of amides is 1. The van der Waals surface area contributed by atoms with E-state index in [-0.39, 0.29) is 23.4 Å². The second-order valence-corrected chi connectivity index (χ2v) is 8.52. The van der Waals surface area contributed by atoms with Crippen molar-refractivity contribution < 1.29 is 17.9 Å². The normalized spacial score (nSPS) is 12.7. The average molecular weight is 426 g/mol. The predicted molar refractivity (Wildman–Crippen MR) is 110 cm³/mol. The molecule has 0 fully saturated rings. The molecule has 2 rings (SSSR count). The van der Waals surface area contributed by atoms with Crippen molar-refractivity contribution in [2.75, 3.05) is 26.0 Å². The zero-order valence-corrected chi connectivity index (χ0v) is 17.8. The van der Waals surface area contributed by atoms with Crippen LogP contribution in [-0.2, 0) is 14.8 Å². The molecule has 0 aliphatic carbocycles. The minimum Gasteiger partial charge on any atom is -0.495 e. The third kappa shape index (κ3) is 5.45. The SMILES string of the molecule is COc1cc(Cl)c(C)cc1NC(=O)CN(C)C(C)c1ccc(S(N)(=O)=O)cc1. The number of ether oxygens (including phenoxy) is 1. The number of nitrogens with zero attached hydrogens (tertiary/aromatic N) is 1. The van der Waals surface area contributed by atoms with E-state index < -0.39 is 10.0 Å². The minimum atomic E-state index is -3.73. The molecule has 9 heteroatoms. The highest BCUT2D eigenvalue weighted by Crippen LogP contribution is 2.31. The second kappa shape index (κ2) is 8.91. The van der Waals surface area contributed by atoms with Crippen LogP contribution in [0.5, 0.6) is 5.75 Å². The Hall–Kier alpha value is -2.13. The molecule has 28 heavy (non-hydrogen) atoms. The molecule has 0 aliphatic heterocycles. The second-order valence-electron chi connectivity index (χ2n) is 6.55. The molecular weight excluding hydrogens is 402 g/mol. The molecule has 0 heterocycles. The Morgan fingerprint density at radius 2 is 1.89 bits per heavy atom. The summed E-state index contributed by atoms with van der Waals surface area (Å²) in [6.45, 7) is 3.89. The summed E-state index contributed by atoms with van der Waals surface area (Å²) in [5, 5.41) is 8.51. The fourth-order valence-corrected chi connectivity index (χ4v) is 3.34. The van der Waals surface area contributed by atoms with Crippen LogP contribution in [0.2, 0.25) is 5.02 Å². The van der Waals surface area contributed by atoms with E-state index in [4.69, 9.17) is 21.5 Å². The van der Waals surface area contributed by atoms with Crippen molar-refractivity contribution in [1.29, 1.82) is 0 Å². The Morgan fingerprint density at radius 3 is 2.43 bits per heavy atom. The number of carbonyl (C=O) groups is 1. The highest BCUT2D eigenvalue weighted by Gasteiger charge is 2.17. The highest BCUT2D eigenvalue weighted by molar-refractivity contribution is 7.89. The number of methoxy groups -OCH3 is 1. The maximum atomic E-state index is 12.5. The number of hydrogen-bond donors (Lipinski definition) is 2. The van der Waals surface area contributed by atoms with Gasteiger partial charge in [0.05, 0.1) is 24.2 Å². The van der Waals surface area contributed by atoms with Crippen LogP contribution in [0.3, 0.4) is 0 Å². The molecule has 0 aromatic heterocycles. The summed E-state index contributed by atoms with van der Waals surface area (Å²) < 4.78 is 28.0. The van der Waals surface area contributed by atoms with Gasteiger partial charge in [0.25, 0.3) is 0 Å². The van der Waals surface area contributed by atoms with Gasteiger partial charge < -0.3 is 10.1 Å². The molecule has 0 spiro atoms. The number of aryl methyl sites for hydroxylation is 1. The number of carbonyl (C=O) groups excluding carboxylic acids is 1. The van der Waals surface area contributed by atoms with E-state index in [1.807, 2.05) is 25.8 Å². The van der Waals surface area contributed by atoms with Gasteiger partial charge in [-0.2, -0.15) is 0 Å². The van der Waals surface area contributed by atoms with Gasteiger partial charge in [0.15, 0.2) is 0 Å². The highest BCUT2D eigenvalue weighted by atomic mass is 35.5. The van der Waals surface area contributed by atoms with Crippen LogP contribution in [0.15, 0.2) is 41.3 Å². The first-order valence-electron chi connectivity index (χ1n) is 8.50. The fraction of sp³-hybridized carbons (Fsp3) is 0.316. The fourth-order valence-electron chi connectivity index (χ4n) is 2.67. The maximum absolute atomic E-state index is 12.5. The number of anilines is 1. The van der Waals surface area contributed by atoms with Gasteiger partial charge in [-0.1, -0.05) is 23.7 Å². The summed E-state index contributed by atoms with van der Waals surface area (Å²) in [5.41, 5.74) is 2.24. The number of hydrogen-bond acceptors (Lipinski definition) is 5. The molecule has 0 saturated carbocycles. The number of sulfonamides is 1.